The SMILES string of the molecule is CCC.CCCOc1ccccc1OCCC. The van der Waals surface area contributed by atoms with Crippen LogP contribution in [-0.4, -0.2) is 13.2 Å². The molecule has 0 aromatic heterocycles. The Labute approximate surface area is 106 Å². The Kier molecular flexibility index (Phi) is 10.5. The normalized spacial score (nSPS) is 9.18. The lowest BCUT2D eigenvalue weighted by Crippen LogP contribution is -2.00. The van der Waals surface area contributed by atoms with Gasteiger partial charge in [0.1, 0.15) is 0 Å². The van der Waals surface area contributed by atoms with Gasteiger partial charge in [-0.3, -0.25) is 0 Å². The molecule has 0 spiro atoms. The van der Waals surface area contributed by atoms with Gasteiger partial charge in [-0.25, -0.2) is 0 Å². The van der Waals surface area contributed by atoms with Gasteiger partial charge in [0, 0.05) is 0 Å². The molecule has 0 heterocycles. The summed E-state index contributed by atoms with van der Waals surface area (Å²) in [4.78, 5) is 0. The summed E-state index contributed by atoms with van der Waals surface area (Å²) < 4.78 is 11.1. The average Bonchev–Trinajstić information content (AvgIpc) is 2.36. The fourth-order valence-electron chi connectivity index (χ4n) is 1.11. The van der Waals surface area contributed by atoms with Crippen molar-refractivity contribution in [2.75, 3.05) is 13.2 Å². The molecule has 0 saturated heterocycles. The van der Waals surface area contributed by atoms with E-state index in [1.807, 2.05) is 24.3 Å². The van der Waals surface area contributed by atoms with Crippen LogP contribution in [-0.2, 0) is 0 Å². The highest BCUT2D eigenvalue weighted by Crippen LogP contribution is 2.26. The molecule has 1 rings (SSSR count). The van der Waals surface area contributed by atoms with Crippen LogP contribution in [0.3, 0.4) is 0 Å². The van der Waals surface area contributed by atoms with Crippen molar-refractivity contribution in [3.63, 3.8) is 0 Å². The average molecular weight is 238 g/mol. The number of rotatable bonds is 6. The maximum atomic E-state index is 5.56. The monoisotopic (exact) mass is 238 g/mol. The van der Waals surface area contributed by atoms with Crippen LogP contribution < -0.4 is 9.47 Å². The van der Waals surface area contributed by atoms with Crippen molar-refractivity contribution in [3.05, 3.63) is 24.3 Å². The van der Waals surface area contributed by atoms with Gasteiger partial charge in [0.05, 0.1) is 13.2 Å². The maximum absolute atomic E-state index is 5.56. The summed E-state index contributed by atoms with van der Waals surface area (Å²) >= 11 is 0. The molecule has 0 aliphatic heterocycles. The minimum absolute atomic E-state index is 0.743. The van der Waals surface area contributed by atoms with Crippen molar-refractivity contribution in [2.45, 2.75) is 47.0 Å². The summed E-state index contributed by atoms with van der Waals surface area (Å²) in [7, 11) is 0. The zero-order valence-corrected chi connectivity index (χ0v) is 11.7. The minimum atomic E-state index is 0.743. The highest BCUT2D eigenvalue weighted by Gasteiger charge is 2.02. The predicted molar refractivity (Wildman–Crippen MR) is 74.0 cm³/mol. The standard InChI is InChI=1S/C12H18O2.C3H8/c1-3-9-13-11-7-5-6-8-12(11)14-10-4-2;1-3-2/h5-8H,3-4,9-10H2,1-2H3;3H2,1-2H3. The molecule has 0 N–H and O–H groups in total. The number of benzene rings is 1. The van der Waals surface area contributed by atoms with E-state index < -0.39 is 0 Å². The fraction of sp³-hybridized carbons (Fsp3) is 0.600. The summed E-state index contributed by atoms with van der Waals surface area (Å²) in [6.07, 6.45) is 3.28. The van der Waals surface area contributed by atoms with Crippen LogP contribution >= 0.6 is 0 Å². The number of hydrogen-bond donors (Lipinski definition) is 0. The smallest absolute Gasteiger partial charge is 0.161 e. The Balaban J connectivity index is 0.000000770. The van der Waals surface area contributed by atoms with Crippen molar-refractivity contribution in [1.82, 2.24) is 0 Å². The van der Waals surface area contributed by atoms with Crippen LogP contribution in [0.1, 0.15) is 47.0 Å². The lowest BCUT2D eigenvalue weighted by Gasteiger charge is -2.11. The minimum Gasteiger partial charge on any atom is -0.490 e. The van der Waals surface area contributed by atoms with Gasteiger partial charge in [0.2, 0.25) is 0 Å². The quantitative estimate of drug-likeness (QED) is 0.716. The lowest BCUT2D eigenvalue weighted by molar-refractivity contribution is 0.268. The first kappa shape index (κ1) is 15.8. The van der Waals surface area contributed by atoms with Gasteiger partial charge in [0.25, 0.3) is 0 Å². The molecule has 1 aromatic rings. The summed E-state index contributed by atoms with van der Waals surface area (Å²) in [5.41, 5.74) is 0. The molecule has 1 aromatic carbocycles. The van der Waals surface area contributed by atoms with E-state index in [1.54, 1.807) is 0 Å². The molecular formula is C15H26O2. The van der Waals surface area contributed by atoms with Gasteiger partial charge in [-0.05, 0) is 25.0 Å². The Morgan fingerprint density at radius 3 is 1.41 bits per heavy atom. The van der Waals surface area contributed by atoms with E-state index in [0.29, 0.717) is 0 Å². The second-order valence-electron chi connectivity index (χ2n) is 3.85. The first-order valence-electron chi connectivity index (χ1n) is 6.64. The predicted octanol–water partition coefficient (Wildman–Crippen LogP) is 4.68. The van der Waals surface area contributed by atoms with Crippen LogP contribution in [0.5, 0.6) is 11.5 Å². The summed E-state index contributed by atoms with van der Waals surface area (Å²) in [6.45, 7) is 9.92. The second kappa shape index (κ2) is 11.3. The molecule has 2 nitrogen and oxygen atoms in total. The number of para-hydroxylation sites is 2. The van der Waals surface area contributed by atoms with Gasteiger partial charge >= 0.3 is 0 Å². The largest absolute Gasteiger partial charge is 0.490 e. The van der Waals surface area contributed by atoms with E-state index in [1.165, 1.54) is 6.42 Å². The van der Waals surface area contributed by atoms with E-state index >= 15 is 0 Å². The summed E-state index contributed by atoms with van der Waals surface area (Å²) in [5, 5.41) is 0. The third-order valence-corrected chi connectivity index (χ3v) is 1.77. The second-order valence-corrected chi connectivity index (χ2v) is 3.85. The Morgan fingerprint density at radius 1 is 0.765 bits per heavy atom. The Hall–Kier alpha value is -1.18. The first-order chi connectivity index (χ1) is 8.29. The van der Waals surface area contributed by atoms with Gasteiger partial charge < -0.3 is 9.47 Å². The molecule has 0 bridgehead atoms. The van der Waals surface area contributed by atoms with Crippen molar-refractivity contribution < 1.29 is 9.47 Å². The molecule has 0 fully saturated rings. The highest BCUT2D eigenvalue weighted by atomic mass is 16.5. The van der Waals surface area contributed by atoms with Crippen LogP contribution in [0.25, 0.3) is 0 Å². The number of hydrogen-bond acceptors (Lipinski definition) is 2. The van der Waals surface area contributed by atoms with E-state index in [9.17, 15) is 0 Å². The van der Waals surface area contributed by atoms with Crippen LogP contribution in [0, 0.1) is 0 Å². The van der Waals surface area contributed by atoms with E-state index in [-0.39, 0.29) is 0 Å². The molecule has 0 aliphatic rings. The fourth-order valence-corrected chi connectivity index (χ4v) is 1.11. The highest BCUT2D eigenvalue weighted by molar-refractivity contribution is 5.39. The summed E-state index contributed by atoms with van der Waals surface area (Å²) in [6, 6.07) is 7.81. The first-order valence-corrected chi connectivity index (χ1v) is 6.64. The van der Waals surface area contributed by atoms with E-state index in [2.05, 4.69) is 27.7 Å². The molecular weight excluding hydrogens is 212 g/mol. The third kappa shape index (κ3) is 7.67. The van der Waals surface area contributed by atoms with Gasteiger partial charge in [-0.15, -0.1) is 0 Å². The van der Waals surface area contributed by atoms with Crippen LogP contribution in [0.2, 0.25) is 0 Å². The zero-order valence-electron chi connectivity index (χ0n) is 11.7. The Morgan fingerprint density at radius 2 is 1.12 bits per heavy atom. The van der Waals surface area contributed by atoms with Crippen LogP contribution in [0.15, 0.2) is 24.3 Å². The Bertz CT molecular complexity index is 244. The lowest BCUT2D eigenvalue weighted by atomic mass is 10.3. The van der Waals surface area contributed by atoms with Crippen molar-refractivity contribution >= 4 is 0 Å². The van der Waals surface area contributed by atoms with Crippen molar-refractivity contribution in [1.29, 1.82) is 0 Å². The maximum Gasteiger partial charge on any atom is 0.161 e. The van der Waals surface area contributed by atoms with Crippen molar-refractivity contribution in [3.8, 4) is 11.5 Å². The topological polar surface area (TPSA) is 18.5 Å². The van der Waals surface area contributed by atoms with Crippen molar-refractivity contribution in [2.24, 2.45) is 0 Å². The van der Waals surface area contributed by atoms with Gasteiger partial charge in [-0.2, -0.15) is 0 Å². The molecule has 0 aliphatic carbocycles. The molecule has 0 unspecified atom stereocenters. The molecule has 0 amide bonds. The van der Waals surface area contributed by atoms with E-state index in [4.69, 9.17) is 9.47 Å². The molecule has 0 radical (unpaired) electrons. The molecule has 2 heteroatoms. The molecule has 17 heavy (non-hydrogen) atoms. The molecule has 0 saturated carbocycles. The van der Waals surface area contributed by atoms with Gasteiger partial charge in [0.15, 0.2) is 11.5 Å². The van der Waals surface area contributed by atoms with E-state index in [0.717, 1.165) is 37.6 Å². The molecule has 98 valence electrons. The molecule has 0 atom stereocenters. The van der Waals surface area contributed by atoms with Gasteiger partial charge in [-0.1, -0.05) is 46.2 Å². The summed E-state index contributed by atoms with van der Waals surface area (Å²) in [5.74, 6) is 1.70. The number of ether oxygens (including phenoxy) is 2. The zero-order chi connectivity index (χ0) is 12.9. The third-order valence-electron chi connectivity index (χ3n) is 1.77. The van der Waals surface area contributed by atoms with Crippen LogP contribution in [0.4, 0.5) is 0 Å².